The molecule has 5 heteroatoms. The molecule has 0 saturated carbocycles. The van der Waals surface area contributed by atoms with Gasteiger partial charge in [0.2, 0.25) is 5.65 Å². The Hall–Kier alpha value is -1.91. The summed E-state index contributed by atoms with van der Waals surface area (Å²) in [5, 5.41) is 12.7. The van der Waals surface area contributed by atoms with Gasteiger partial charge >= 0.3 is 5.97 Å². The fraction of sp³-hybridized carbons (Fsp3) is 0. The predicted molar refractivity (Wildman–Crippen MR) is 38.8 cm³/mol. The summed E-state index contributed by atoms with van der Waals surface area (Å²) in [6.45, 7) is 0. The Bertz CT molecular complexity index is 435. The number of carboxylic acid groups (broad SMARTS) is 1. The van der Waals surface area contributed by atoms with E-state index in [0.717, 1.165) is 0 Å². The number of rotatable bonds is 1. The van der Waals surface area contributed by atoms with E-state index in [1.165, 1.54) is 18.5 Å². The quantitative estimate of drug-likeness (QED) is 0.678. The molecule has 0 saturated heterocycles. The maximum Gasteiger partial charge on any atom is 0.337 e. The number of nitrogens with zero attached hydrogens (tertiary/aromatic N) is 2. The van der Waals surface area contributed by atoms with Gasteiger partial charge in [0.25, 0.3) is 0 Å². The van der Waals surface area contributed by atoms with Crippen LogP contribution >= 0.6 is 0 Å². The first kappa shape index (κ1) is 6.78. The minimum Gasteiger partial charge on any atom is -0.478 e. The smallest absolute Gasteiger partial charge is 0.337 e. The molecule has 0 spiro atoms. The van der Waals surface area contributed by atoms with Gasteiger partial charge in [-0.3, -0.25) is 0 Å². The second kappa shape index (κ2) is 2.30. The molecule has 2 heterocycles. The van der Waals surface area contributed by atoms with Gasteiger partial charge in [-0.1, -0.05) is 5.16 Å². The fourth-order valence-electron chi connectivity index (χ4n) is 0.888. The van der Waals surface area contributed by atoms with Gasteiger partial charge in [-0.15, -0.1) is 0 Å². The van der Waals surface area contributed by atoms with E-state index in [9.17, 15) is 4.79 Å². The summed E-state index contributed by atoms with van der Waals surface area (Å²) in [6.07, 6.45) is 2.60. The lowest BCUT2D eigenvalue weighted by Gasteiger charge is -1.90. The molecule has 0 bridgehead atoms. The van der Waals surface area contributed by atoms with E-state index in [4.69, 9.17) is 5.11 Å². The second-order valence-electron chi connectivity index (χ2n) is 2.26. The fourth-order valence-corrected chi connectivity index (χ4v) is 0.888. The van der Waals surface area contributed by atoms with Crippen LogP contribution in [0.2, 0.25) is 0 Å². The first-order chi connectivity index (χ1) is 5.77. The zero-order chi connectivity index (χ0) is 8.55. The number of carboxylic acids is 1. The number of fused-ring (bicyclic) bond motifs is 1. The highest BCUT2D eigenvalue weighted by molar-refractivity contribution is 5.91. The van der Waals surface area contributed by atoms with E-state index in [0.29, 0.717) is 11.0 Å². The van der Waals surface area contributed by atoms with Crippen molar-refractivity contribution < 1.29 is 14.4 Å². The molecular weight excluding hydrogens is 160 g/mol. The summed E-state index contributed by atoms with van der Waals surface area (Å²) in [5.41, 5.74) is 0.547. The molecule has 2 aromatic heterocycles. The third-order valence-electron chi connectivity index (χ3n) is 1.46. The molecule has 0 radical (unpaired) electrons. The van der Waals surface area contributed by atoms with E-state index in [2.05, 4.69) is 14.7 Å². The average molecular weight is 164 g/mol. The minimum absolute atomic E-state index is 0.130. The summed E-state index contributed by atoms with van der Waals surface area (Å²) >= 11 is 0. The van der Waals surface area contributed by atoms with Crippen LogP contribution in [0.25, 0.3) is 11.0 Å². The molecule has 2 rings (SSSR count). The first-order valence-electron chi connectivity index (χ1n) is 3.21. The topological polar surface area (TPSA) is 76.2 Å². The Balaban J connectivity index is 2.68. The van der Waals surface area contributed by atoms with Gasteiger partial charge in [-0.2, -0.15) is 0 Å². The summed E-state index contributed by atoms with van der Waals surface area (Å²) in [4.78, 5) is 14.3. The van der Waals surface area contributed by atoms with Crippen molar-refractivity contribution in [2.75, 3.05) is 0 Å². The Morgan fingerprint density at radius 3 is 3.17 bits per heavy atom. The van der Waals surface area contributed by atoms with Crippen molar-refractivity contribution in [3.05, 3.63) is 24.1 Å². The lowest BCUT2D eigenvalue weighted by Crippen LogP contribution is -1.96. The van der Waals surface area contributed by atoms with Gasteiger partial charge in [0.1, 0.15) is 6.26 Å². The normalized spacial score (nSPS) is 10.3. The molecule has 0 aliphatic carbocycles. The summed E-state index contributed by atoms with van der Waals surface area (Å²) in [6, 6.07) is 1.46. The van der Waals surface area contributed by atoms with Crippen molar-refractivity contribution in [2.45, 2.75) is 0 Å². The van der Waals surface area contributed by atoms with Gasteiger partial charge in [-0.05, 0) is 6.07 Å². The number of hydrogen-bond donors (Lipinski definition) is 1. The van der Waals surface area contributed by atoms with Crippen LogP contribution in [0.15, 0.2) is 23.0 Å². The molecule has 0 atom stereocenters. The third-order valence-corrected chi connectivity index (χ3v) is 1.46. The number of hydrogen-bond acceptors (Lipinski definition) is 4. The Morgan fingerprint density at radius 2 is 2.42 bits per heavy atom. The SMILES string of the molecule is O=C(O)c1cnc2nocc2c1. The molecule has 5 nitrogen and oxygen atoms in total. The molecule has 0 unspecified atom stereocenters. The predicted octanol–water partition coefficient (Wildman–Crippen LogP) is 0.921. The van der Waals surface area contributed by atoms with Crippen LogP contribution in [-0.2, 0) is 0 Å². The molecule has 1 N–H and O–H groups in total. The maximum absolute atomic E-state index is 10.5. The summed E-state index contributed by atoms with van der Waals surface area (Å²) in [7, 11) is 0. The van der Waals surface area contributed by atoms with Crippen molar-refractivity contribution in [1.29, 1.82) is 0 Å². The lowest BCUT2D eigenvalue weighted by atomic mass is 10.2. The van der Waals surface area contributed by atoms with Crippen LogP contribution < -0.4 is 0 Å². The highest BCUT2D eigenvalue weighted by atomic mass is 16.5. The highest BCUT2D eigenvalue weighted by Crippen LogP contribution is 2.10. The third kappa shape index (κ3) is 0.914. The Kier molecular flexibility index (Phi) is 1.30. The molecule has 60 valence electrons. The van der Waals surface area contributed by atoms with Gasteiger partial charge in [0.15, 0.2) is 0 Å². The van der Waals surface area contributed by atoms with Gasteiger partial charge in [-0.25, -0.2) is 9.78 Å². The number of carbonyl (C=O) groups is 1. The molecule has 0 aromatic carbocycles. The van der Waals surface area contributed by atoms with E-state index in [1.807, 2.05) is 0 Å². The van der Waals surface area contributed by atoms with Gasteiger partial charge < -0.3 is 9.63 Å². The van der Waals surface area contributed by atoms with Crippen molar-refractivity contribution in [3.8, 4) is 0 Å². The van der Waals surface area contributed by atoms with E-state index >= 15 is 0 Å². The zero-order valence-electron chi connectivity index (χ0n) is 5.89. The van der Waals surface area contributed by atoms with E-state index < -0.39 is 5.97 Å². The van der Waals surface area contributed by atoms with Crippen molar-refractivity contribution >= 4 is 17.0 Å². The largest absolute Gasteiger partial charge is 0.478 e. The van der Waals surface area contributed by atoms with Gasteiger partial charge in [0, 0.05) is 6.20 Å². The lowest BCUT2D eigenvalue weighted by molar-refractivity contribution is 0.0696. The molecule has 12 heavy (non-hydrogen) atoms. The molecule has 0 aliphatic heterocycles. The van der Waals surface area contributed by atoms with Crippen molar-refractivity contribution in [1.82, 2.24) is 10.1 Å². The molecular formula is C7H4N2O3. The minimum atomic E-state index is -1.01. The van der Waals surface area contributed by atoms with Crippen molar-refractivity contribution in [3.63, 3.8) is 0 Å². The number of aromatic carboxylic acids is 1. The Labute approximate surface area is 66.6 Å². The van der Waals surface area contributed by atoms with E-state index in [1.54, 1.807) is 0 Å². The maximum atomic E-state index is 10.5. The van der Waals surface area contributed by atoms with Crippen LogP contribution in [0.1, 0.15) is 10.4 Å². The monoisotopic (exact) mass is 164 g/mol. The number of aromatic nitrogens is 2. The van der Waals surface area contributed by atoms with Gasteiger partial charge in [0.05, 0.1) is 10.9 Å². The van der Waals surface area contributed by atoms with E-state index in [-0.39, 0.29) is 5.56 Å². The highest BCUT2D eigenvalue weighted by Gasteiger charge is 2.05. The summed E-state index contributed by atoms with van der Waals surface area (Å²) < 4.78 is 4.59. The Morgan fingerprint density at radius 1 is 1.58 bits per heavy atom. The summed E-state index contributed by atoms with van der Waals surface area (Å²) in [5.74, 6) is -1.01. The van der Waals surface area contributed by atoms with Crippen LogP contribution in [0, 0.1) is 0 Å². The van der Waals surface area contributed by atoms with Crippen molar-refractivity contribution in [2.24, 2.45) is 0 Å². The first-order valence-corrected chi connectivity index (χ1v) is 3.21. The number of pyridine rings is 1. The average Bonchev–Trinajstić information content (AvgIpc) is 2.49. The molecule has 0 fully saturated rings. The zero-order valence-corrected chi connectivity index (χ0v) is 5.89. The molecule has 0 aliphatic rings. The molecule has 2 aromatic rings. The van der Waals surface area contributed by atoms with Crippen LogP contribution in [0.4, 0.5) is 0 Å². The van der Waals surface area contributed by atoms with Crippen LogP contribution in [0.5, 0.6) is 0 Å². The molecule has 0 amide bonds. The standard InChI is InChI=1S/C7H4N2O3/c10-7(11)4-1-5-3-12-9-6(5)8-2-4/h1-3H,(H,10,11). The van der Waals surface area contributed by atoms with Crippen LogP contribution in [-0.4, -0.2) is 21.2 Å². The van der Waals surface area contributed by atoms with Crippen LogP contribution in [0.3, 0.4) is 0 Å². The second-order valence-corrected chi connectivity index (χ2v) is 2.26.